The average molecular weight is 311 g/mol. The fourth-order valence-corrected chi connectivity index (χ4v) is 3.69. The molecule has 6 nitrogen and oxygen atoms in total. The molecule has 120 valence electrons. The van der Waals surface area contributed by atoms with Crippen molar-refractivity contribution in [3.8, 4) is 0 Å². The van der Waals surface area contributed by atoms with E-state index in [4.69, 9.17) is 0 Å². The normalized spacial score (nSPS) is 20.0. The smallest absolute Gasteiger partial charge is 0.267 e. The van der Waals surface area contributed by atoms with Gasteiger partial charge in [-0.2, -0.15) is 5.10 Å². The molecule has 1 saturated heterocycles. The molecule has 2 aromatic heterocycles. The molecule has 23 heavy (non-hydrogen) atoms. The van der Waals surface area contributed by atoms with Crippen LogP contribution < -0.4 is 10.5 Å². The fourth-order valence-electron chi connectivity index (χ4n) is 3.69. The molecule has 6 heteroatoms. The number of hydrogen-bond donors (Lipinski definition) is 0. The summed E-state index contributed by atoms with van der Waals surface area (Å²) in [5, 5.41) is 4.61. The Morgan fingerprint density at radius 2 is 2.13 bits per heavy atom. The summed E-state index contributed by atoms with van der Waals surface area (Å²) in [7, 11) is 0. The first kappa shape index (κ1) is 14.4. The zero-order valence-electron chi connectivity index (χ0n) is 13.4. The fraction of sp³-hybridized carbons (Fsp3) is 0.529. The highest BCUT2D eigenvalue weighted by atomic mass is 16.1. The van der Waals surface area contributed by atoms with Crippen LogP contribution in [0.2, 0.25) is 0 Å². The molecule has 1 aliphatic carbocycles. The van der Waals surface area contributed by atoms with Crippen LogP contribution in [0, 0.1) is 6.92 Å². The summed E-state index contributed by atoms with van der Waals surface area (Å²) >= 11 is 0. The minimum Gasteiger partial charge on any atom is -0.352 e. The molecule has 1 atom stereocenters. The first-order valence-electron chi connectivity index (χ1n) is 8.36. The maximum Gasteiger partial charge on any atom is 0.267 e. The first-order valence-corrected chi connectivity index (χ1v) is 8.36. The van der Waals surface area contributed by atoms with E-state index < -0.39 is 0 Å². The maximum atomic E-state index is 12.3. The van der Waals surface area contributed by atoms with Crippen LogP contribution in [-0.2, 0) is 19.4 Å². The van der Waals surface area contributed by atoms with Crippen molar-refractivity contribution in [1.29, 1.82) is 0 Å². The lowest BCUT2D eigenvalue weighted by Crippen LogP contribution is -2.37. The highest BCUT2D eigenvalue weighted by Crippen LogP contribution is 2.25. The molecule has 0 spiro atoms. The standard InChI is InChI=1S/C17H21N5O/c1-12-8-16(19-11-18-12)21-7-3-5-14(21)10-22-17(23)9-13-4-2-6-15(13)20-22/h8-9,11,14H,2-7,10H2,1H3. The number of aryl methyl sites for hydroxylation is 3. The Balaban J connectivity index is 1.60. The number of aromatic nitrogens is 4. The van der Waals surface area contributed by atoms with E-state index in [1.807, 2.05) is 13.0 Å². The van der Waals surface area contributed by atoms with Gasteiger partial charge in [0.15, 0.2) is 0 Å². The van der Waals surface area contributed by atoms with Gasteiger partial charge in [0.25, 0.3) is 5.56 Å². The molecule has 1 aliphatic heterocycles. The van der Waals surface area contributed by atoms with Crippen molar-refractivity contribution in [1.82, 2.24) is 19.7 Å². The van der Waals surface area contributed by atoms with Crippen LogP contribution in [0.25, 0.3) is 0 Å². The van der Waals surface area contributed by atoms with Crippen LogP contribution in [0.3, 0.4) is 0 Å². The topological polar surface area (TPSA) is 63.9 Å². The van der Waals surface area contributed by atoms with Crippen molar-refractivity contribution >= 4 is 5.82 Å². The highest BCUT2D eigenvalue weighted by molar-refractivity contribution is 5.41. The zero-order chi connectivity index (χ0) is 15.8. The molecule has 2 aliphatic rings. The number of hydrogen-bond acceptors (Lipinski definition) is 5. The summed E-state index contributed by atoms with van der Waals surface area (Å²) in [5.74, 6) is 0.953. The van der Waals surface area contributed by atoms with E-state index in [9.17, 15) is 4.79 Å². The van der Waals surface area contributed by atoms with Gasteiger partial charge in [0.2, 0.25) is 0 Å². The van der Waals surface area contributed by atoms with Crippen molar-refractivity contribution in [2.75, 3.05) is 11.4 Å². The Kier molecular flexibility index (Phi) is 3.59. The van der Waals surface area contributed by atoms with Gasteiger partial charge in [-0.05, 0) is 44.6 Å². The average Bonchev–Trinajstić information content (AvgIpc) is 3.16. The quantitative estimate of drug-likeness (QED) is 0.859. The lowest BCUT2D eigenvalue weighted by atomic mass is 10.2. The van der Waals surface area contributed by atoms with Crippen molar-refractivity contribution < 1.29 is 0 Å². The van der Waals surface area contributed by atoms with Gasteiger partial charge < -0.3 is 4.90 Å². The summed E-state index contributed by atoms with van der Waals surface area (Å²) in [6.45, 7) is 3.58. The van der Waals surface area contributed by atoms with E-state index in [0.717, 1.165) is 61.4 Å². The number of fused-ring (bicyclic) bond motifs is 1. The van der Waals surface area contributed by atoms with Crippen LogP contribution in [0.15, 0.2) is 23.3 Å². The molecule has 3 heterocycles. The molecular weight excluding hydrogens is 290 g/mol. The van der Waals surface area contributed by atoms with Crippen molar-refractivity contribution in [3.05, 3.63) is 45.8 Å². The Morgan fingerprint density at radius 1 is 1.22 bits per heavy atom. The molecule has 0 amide bonds. The van der Waals surface area contributed by atoms with Crippen molar-refractivity contribution in [2.45, 2.75) is 51.6 Å². The summed E-state index contributed by atoms with van der Waals surface area (Å²) in [6, 6.07) is 4.06. The van der Waals surface area contributed by atoms with Gasteiger partial charge in [0, 0.05) is 24.4 Å². The van der Waals surface area contributed by atoms with Gasteiger partial charge in [-0.15, -0.1) is 0 Å². The lowest BCUT2D eigenvalue weighted by Gasteiger charge is -2.26. The Hall–Kier alpha value is -2.24. The molecule has 1 unspecified atom stereocenters. The summed E-state index contributed by atoms with van der Waals surface area (Å²) < 4.78 is 1.65. The van der Waals surface area contributed by atoms with E-state index in [1.54, 1.807) is 17.1 Å². The summed E-state index contributed by atoms with van der Waals surface area (Å²) in [5.41, 5.74) is 3.23. The minimum atomic E-state index is 0.0244. The minimum absolute atomic E-state index is 0.0244. The predicted octanol–water partition coefficient (Wildman–Crippen LogP) is 1.50. The third-order valence-electron chi connectivity index (χ3n) is 4.87. The second-order valence-electron chi connectivity index (χ2n) is 6.50. The van der Waals surface area contributed by atoms with Crippen LogP contribution in [0.1, 0.15) is 36.2 Å². The van der Waals surface area contributed by atoms with Crippen LogP contribution in [0.4, 0.5) is 5.82 Å². The van der Waals surface area contributed by atoms with E-state index in [2.05, 4.69) is 20.0 Å². The largest absolute Gasteiger partial charge is 0.352 e. The monoisotopic (exact) mass is 311 g/mol. The van der Waals surface area contributed by atoms with Gasteiger partial charge in [-0.3, -0.25) is 4.79 Å². The molecular formula is C17H21N5O. The highest BCUT2D eigenvalue weighted by Gasteiger charge is 2.27. The molecule has 4 rings (SSSR count). The van der Waals surface area contributed by atoms with Crippen LogP contribution >= 0.6 is 0 Å². The summed E-state index contributed by atoms with van der Waals surface area (Å²) in [4.78, 5) is 23.2. The number of rotatable bonds is 3. The molecule has 0 saturated carbocycles. The Labute approximate surface area is 135 Å². The van der Waals surface area contributed by atoms with E-state index in [0.29, 0.717) is 6.54 Å². The zero-order valence-corrected chi connectivity index (χ0v) is 13.4. The third-order valence-corrected chi connectivity index (χ3v) is 4.87. The second kappa shape index (κ2) is 5.76. The molecule has 0 bridgehead atoms. The number of nitrogens with zero attached hydrogens (tertiary/aromatic N) is 5. The van der Waals surface area contributed by atoms with Crippen molar-refractivity contribution in [3.63, 3.8) is 0 Å². The van der Waals surface area contributed by atoms with Gasteiger partial charge >= 0.3 is 0 Å². The van der Waals surface area contributed by atoms with Crippen molar-refractivity contribution in [2.24, 2.45) is 0 Å². The Bertz CT molecular complexity index is 785. The molecule has 2 aromatic rings. The molecule has 0 radical (unpaired) electrons. The third kappa shape index (κ3) is 2.73. The van der Waals surface area contributed by atoms with Gasteiger partial charge in [0.1, 0.15) is 12.1 Å². The second-order valence-corrected chi connectivity index (χ2v) is 6.50. The summed E-state index contributed by atoms with van der Waals surface area (Å²) in [6.07, 6.45) is 6.90. The van der Waals surface area contributed by atoms with Gasteiger partial charge in [0.05, 0.1) is 18.3 Å². The maximum absolute atomic E-state index is 12.3. The molecule has 0 N–H and O–H groups in total. The lowest BCUT2D eigenvalue weighted by molar-refractivity contribution is 0.481. The SMILES string of the molecule is Cc1cc(N2CCCC2Cn2nc3c(cc2=O)CCC3)ncn1. The van der Waals surface area contributed by atoms with Crippen LogP contribution in [-0.4, -0.2) is 32.3 Å². The number of anilines is 1. The van der Waals surface area contributed by atoms with E-state index in [1.165, 1.54) is 0 Å². The van der Waals surface area contributed by atoms with Gasteiger partial charge in [-0.1, -0.05) is 0 Å². The Morgan fingerprint density at radius 3 is 3.00 bits per heavy atom. The van der Waals surface area contributed by atoms with Gasteiger partial charge in [-0.25, -0.2) is 14.6 Å². The predicted molar refractivity (Wildman–Crippen MR) is 87.7 cm³/mol. The van der Waals surface area contributed by atoms with Crippen LogP contribution in [0.5, 0.6) is 0 Å². The van der Waals surface area contributed by atoms with E-state index >= 15 is 0 Å². The molecule has 1 fully saturated rings. The van der Waals surface area contributed by atoms with E-state index in [-0.39, 0.29) is 11.6 Å². The first-order chi connectivity index (χ1) is 11.2. The molecule has 0 aromatic carbocycles.